The summed E-state index contributed by atoms with van der Waals surface area (Å²) in [5.41, 5.74) is 0.637. The summed E-state index contributed by atoms with van der Waals surface area (Å²) in [6.45, 7) is 2.65. The molecule has 1 aromatic rings. The van der Waals surface area contributed by atoms with E-state index in [0.29, 0.717) is 18.2 Å². The van der Waals surface area contributed by atoms with Gasteiger partial charge >= 0.3 is 5.97 Å². The fourth-order valence-electron chi connectivity index (χ4n) is 1.68. The standard InChI is InChI=1S/C11H15NO3S/c1-2-15-10(7-3-4-7)11-12-8(6-16-11)5-9(13)14/h6-7,10H,2-5H2,1H3,(H,13,14). The lowest BCUT2D eigenvalue weighted by Crippen LogP contribution is -2.07. The minimum absolute atomic E-state index is 0.0000116. The van der Waals surface area contributed by atoms with Gasteiger partial charge in [0, 0.05) is 12.0 Å². The molecule has 1 heterocycles. The number of aromatic nitrogens is 1. The molecule has 2 rings (SSSR count). The Morgan fingerprint density at radius 1 is 1.75 bits per heavy atom. The number of rotatable bonds is 6. The molecule has 4 nitrogen and oxygen atoms in total. The Labute approximate surface area is 98.3 Å². The van der Waals surface area contributed by atoms with Crippen molar-refractivity contribution in [1.82, 2.24) is 4.98 Å². The van der Waals surface area contributed by atoms with Crippen LogP contribution in [0.25, 0.3) is 0 Å². The van der Waals surface area contributed by atoms with Crippen LogP contribution < -0.4 is 0 Å². The van der Waals surface area contributed by atoms with Crippen LogP contribution >= 0.6 is 11.3 Å². The number of thiazole rings is 1. The Morgan fingerprint density at radius 2 is 2.50 bits per heavy atom. The number of nitrogens with zero attached hydrogens (tertiary/aromatic N) is 1. The van der Waals surface area contributed by atoms with E-state index in [2.05, 4.69) is 4.98 Å². The van der Waals surface area contributed by atoms with E-state index in [1.165, 1.54) is 24.2 Å². The van der Waals surface area contributed by atoms with Gasteiger partial charge in [0.2, 0.25) is 0 Å². The molecule has 1 N–H and O–H groups in total. The molecule has 1 aromatic heterocycles. The van der Waals surface area contributed by atoms with E-state index in [1.54, 1.807) is 0 Å². The minimum atomic E-state index is -0.837. The molecule has 0 bridgehead atoms. The van der Waals surface area contributed by atoms with Crippen molar-refractivity contribution < 1.29 is 14.6 Å². The molecular weight excluding hydrogens is 226 g/mol. The quantitative estimate of drug-likeness (QED) is 0.830. The highest BCUT2D eigenvalue weighted by atomic mass is 32.1. The van der Waals surface area contributed by atoms with Gasteiger partial charge in [0.05, 0.1) is 12.1 Å². The maximum absolute atomic E-state index is 10.6. The first-order valence-corrected chi connectivity index (χ1v) is 6.36. The third kappa shape index (κ3) is 2.80. The molecule has 1 fully saturated rings. The van der Waals surface area contributed by atoms with Crippen LogP contribution in [0.3, 0.4) is 0 Å². The topological polar surface area (TPSA) is 59.4 Å². The van der Waals surface area contributed by atoms with Crippen molar-refractivity contribution in [3.8, 4) is 0 Å². The first kappa shape index (κ1) is 11.5. The fourth-order valence-corrected chi connectivity index (χ4v) is 2.63. The second-order valence-electron chi connectivity index (χ2n) is 3.96. The minimum Gasteiger partial charge on any atom is -0.481 e. The van der Waals surface area contributed by atoms with Crippen LogP contribution in [0.1, 0.15) is 36.6 Å². The molecule has 0 amide bonds. The van der Waals surface area contributed by atoms with Crippen LogP contribution in [0.2, 0.25) is 0 Å². The van der Waals surface area contributed by atoms with Crippen molar-refractivity contribution in [2.75, 3.05) is 6.61 Å². The van der Waals surface area contributed by atoms with Crippen molar-refractivity contribution in [3.05, 3.63) is 16.1 Å². The third-order valence-electron chi connectivity index (χ3n) is 2.54. The van der Waals surface area contributed by atoms with E-state index in [0.717, 1.165) is 5.01 Å². The molecule has 0 aromatic carbocycles. The van der Waals surface area contributed by atoms with Gasteiger partial charge in [0.25, 0.3) is 0 Å². The van der Waals surface area contributed by atoms with Crippen LogP contribution in [-0.4, -0.2) is 22.7 Å². The first-order chi connectivity index (χ1) is 7.70. The molecule has 0 aliphatic heterocycles. The summed E-state index contributed by atoms with van der Waals surface area (Å²) in [7, 11) is 0. The number of hydrogen-bond donors (Lipinski definition) is 1. The highest BCUT2D eigenvalue weighted by Crippen LogP contribution is 2.44. The lowest BCUT2D eigenvalue weighted by molar-refractivity contribution is -0.136. The van der Waals surface area contributed by atoms with E-state index < -0.39 is 5.97 Å². The van der Waals surface area contributed by atoms with Crippen LogP contribution in [-0.2, 0) is 16.0 Å². The largest absolute Gasteiger partial charge is 0.481 e. The summed E-state index contributed by atoms with van der Waals surface area (Å²) in [6.07, 6.45) is 2.47. The van der Waals surface area contributed by atoms with E-state index in [1.807, 2.05) is 12.3 Å². The van der Waals surface area contributed by atoms with E-state index in [4.69, 9.17) is 9.84 Å². The first-order valence-electron chi connectivity index (χ1n) is 5.48. The fraction of sp³-hybridized carbons (Fsp3) is 0.636. The number of carboxylic acid groups (broad SMARTS) is 1. The van der Waals surface area contributed by atoms with Crippen molar-refractivity contribution in [2.24, 2.45) is 5.92 Å². The zero-order chi connectivity index (χ0) is 11.5. The van der Waals surface area contributed by atoms with Gasteiger partial charge in [-0.15, -0.1) is 11.3 Å². The number of hydrogen-bond acceptors (Lipinski definition) is 4. The Kier molecular flexibility index (Phi) is 3.56. The van der Waals surface area contributed by atoms with Crippen LogP contribution in [0.15, 0.2) is 5.38 Å². The highest BCUT2D eigenvalue weighted by Gasteiger charge is 2.34. The van der Waals surface area contributed by atoms with Crippen molar-refractivity contribution in [1.29, 1.82) is 0 Å². The zero-order valence-electron chi connectivity index (χ0n) is 9.18. The van der Waals surface area contributed by atoms with Crippen molar-refractivity contribution >= 4 is 17.3 Å². The summed E-state index contributed by atoms with van der Waals surface area (Å²) < 4.78 is 5.67. The Balaban J connectivity index is 2.06. The average Bonchev–Trinajstić information content (AvgIpc) is 2.96. The molecule has 1 saturated carbocycles. The van der Waals surface area contributed by atoms with Gasteiger partial charge in [-0.05, 0) is 25.7 Å². The van der Waals surface area contributed by atoms with Gasteiger partial charge in [-0.3, -0.25) is 4.79 Å². The van der Waals surface area contributed by atoms with Crippen LogP contribution in [0, 0.1) is 5.92 Å². The van der Waals surface area contributed by atoms with E-state index in [-0.39, 0.29) is 12.5 Å². The van der Waals surface area contributed by atoms with Gasteiger partial charge in [0.15, 0.2) is 0 Å². The Bertz CT molecular complexity index is 373. The maximum atomic E-state index is 10.6. The van der Waals surface area contributed by atoms with E-state index in [9.17, 15) is 4.79 Å². The molecule has 1 aliphatic carbocycles. The molecule has 16 heavy (non-hydrogen) atoms. The molecule has 0 radical (unpaired) electrons. The van der Waals surface area contributed by atoms with Gasteiger partial charge in [-0.1, -0.05) is 0 Å². The van der Waals surface area contributed by atoms with Crippen LogP contribution in [0.5, 0.6) is 0 Å². The molecule has 5 heteroatoms. The smallest absolute Gasteiger partial charge is 0.309 e. The molecule has 1 aliphatic rings. The molecule has 1 unspecified atom stereocenters. The maximum Gasteiger partial charge on any atom is 0.309 e. The zero-order valence-corrected chi connectivity index (χ0v) is 10.00. The van der Waals surface area contributed by atoms with Gasteiger partial charge in [0.1, 0.15) is 11.1 Å². The second-order valence-corrected chi connectivity index (χ2v) is 4.85. The van der Waals surface area contributed by atoms with Crippen LogP contribution in [0.4, 0.5) is 0 Å². The Hall–Kier alpha value is -0.940. The highest BCUT2D eigenvalue weighted by molar-refractivity contribution is 7.09. The third-order valence-corrected chi connectivity index (χ3v) is 3.50. The van der Waals surface area contributed by atoms with Gasteiger partial charge < -0.3 is 9.84 Å². The summed E-state index contributed by atoms with van der Waals surface area (Å²) >= 11 is 1.51. The van der Waals surface area contributed by atoms with Crippen molar-refractivity contribution in [3.63, 3.8) is 0 Å². The lowest BCUT2D eigenvalue weighted by atomic mass is 10.2. The molecule has 1 atom stereocenters. The van der Waals surface area contributed by atoms with Crippen molar-refractivity contribution in [2.45, 2.75) is 32.3 Å². The number of carbonyl (C=O) groups is 1. The summed E-state index contributed by atoms with van der Waals surface area (Å²) in [5.74, 6) is -0.250. The molecule has 0 spiro atoms. The normalized spacial score (nSPS) is 17.3. The average molecular weight is 241 g/mol. The molecule has 88 valence electrons. The van der Waals surface area contributed by atoms with E-state index >= 15 is 0 Å². The number of ether oxygens (including phenoxy) is 1. The number of aliphatic carboxylic acids is 1. The van der Waals surface area contributed by atoms with Gasteiger partial charge in [-0.2, -0.15) is 0 Å². The summed E-state index contributed by atoms with van der Waals surface area (Å²) in [4.78, 5) is 14.9. The predicted octanol–water partition coefficient (Wildman–Crippen LogP) is 2.26. The second kappa shape index (κ2) is 4.93. The summed E-state index contributed by atoms with van der Waals surface area (Å²) in [5, 5.41) is 11.4. The SMILES string of the molecule is CCOC(c1nc(CC(=O)O)cs1)C1CC1. The monoisotopic (exact) mass is 241 g/mol. The lowest BCUT2D eigenvalue weighted by Gasteiger charge is -2.12. The van der Waals surface area contributed by atoms with Gasteiger partial charge in [-0.25, -0.2) is 4.98 Å². The predicted molar refractivity (Wildman–Crippen MR) is 60.5 cm³/mol. The summed E-state index contributed by atoms with van der Waals surface area (Å²) in [6, 6.07) is 0. The Morgan fingerprint density at radius 3 is 3.06 bits per heavy atom. The number of carboxylic acids is 1. The molecule has 0 saturated heterocycles. The molecular formula is C11H15NO3S.